The van der Waals surface area contributed by atoms with E-state index in [9.17, 15) is 9.59 Å². The van der Waals surface area contributed by atoms with Gasteiger partial charge in [-0.25, -0.2) is 4.90 Å². The highest BCUT2D eigenvalue weighted by atomic mass is 16.2. The van der Waals surface area contributed by atoms with Crippen molar-refractivity contribution in [2.24, 2.45) is 0 Å². The molecular weight excluding hydrogens is 386 g/mol. The van der Waals surface area contributed by atoms with Gasteiger partial charge in [0.1, 0.15) is 5.70 Å². The monoisotopic (exact) mass is 407 g/mol. The normalized spacial score (nSPS) is 13.5. The van der Waals surface area contributed by atoms with Crippen LogP contribution in [0.5, 0.6) is 0 Å². The van der Waals surface area contributed by atoms with Crippen molar-refractivity contribution in [2.75, 3.05) is 16.8 Å². The molecule has 0 saturated heterocycles. The number of aryl methyl sites for hydroxylation is 2. The Bertz CT molecular complexity index is 1250. The third kappa shape index (κ3) is 3.49. The number of likely N-dealkylation sites (N-methyl/N-ethyl adjacent to an activating group) is 1. The lowest BCUT2D eigenvalue weighted by atomic mass is 9.97. The molecule has 0 atom stereocenters. The van der Waals surface area contributed by atoms with Gasteiger partial charge in [0, 0.05) is 12.7 Å². The van der Waals surface area contributed by atoms with Crippen molar-refractivity contribution >= 4 is 28.8 Å². The largest absolute Gasteiger partial charge is 0.339 e. The summed E-state index contributed by atoms with van der Waals surface area (Å²) in [6, 6.07) is 23.8. The Morgan fingerprint density at radius 1 is 0.871 bits per heavy atom. The van der Waals surface area contributed by atoms with Gasteiger partial charge in [-0.2, -0.15) is 5.26 Å². The predicted molar refractivity (Wildman–Crippen MR) is 121 cm³/mol. The van der Waals surface area contributed by atoms with Gasteiger partial charge in [-0.05, 0) is 61.4 Å². The van der Waals surface area contributed by atoms with Gasteiger partial charge in [0.05, 0.1) is 22.9 Å². The fraction of sp³-hybridized carbons (Fsp3) is 0.115. The fourth-order valence-electron chi connectivity index (χ4n) is 3.87. The molecule has 3 aromatic rings. The number of benzene rings is 3. The van der Waals surface area contributed by atoms with E-state index in [1.165, 1.54) is 4.90 Å². The molecule has 0 aromatic heterocycles. The number of amides is 2. The number of nitriles is 1. The summed E-state index contributed by atoms with van der Waals surface area (Å²) in [6.45, 7) is 3.93. The zero-order chi connectivity index (χ0) is 22.1. The molecule has 5 heteroatoms. The molecule has 0 spiro atoms. The van der Waals surface area contributed by atoms with Crippen molar-refractivity contribution in [3.8, 4) is 6.07 Å². The standard InChI is InChI=1S/C26H21N3O2/c1-17-9-14-22(18(2)15-17)23-24(28(3)20-7-5-4-6-8-20)26(31)29(25(23)30)21-12-10-19(16-27)11-13-21/h4-15H,1-3H3. The number of carbonyl (C=O) groups is 2. The van der Waals surface area contributed by atoms with Gasteiger partial charge in [0.2, 0.25) is 0 Å². The van der Waals surface area contributed by atoms with Gasteiger partial charge in [-0.3, -0.25) is 9.59 Å². The third-order valence-corrected chi connectivity index (χ3v) is 5.44. The van der Waals surface area contributed by atoms with E-state index in [0.717, 1.165) is 22.4 Å². The molecular formula is C26H21N3O2. The molecule has 0 fully saturated rings. The van der Waals surface area contributed by atoms with Crippen LogP contribution in [0.25, 0.3) is 5.57 Å². The van der Waals surface area contributed by atoms with Crippen molar-refractivity contribution in [3.05, 3.63) is 101 Å². The Kier molecular flexibility index (Phi) is 5.14. The Balaban J connectivity index is 1.89. The molecule has 152 valence electrons. The van der Waals surface area contributed by atoms with E-state index in [-0.39, 0.29) is 5.91 Å². The van der Waals surface area contributed by atoms with Crippen molar-refractivity contribution in [2.45, 2.75) is 13.8 Å². The second kappa shape index (κ2) is 7.92. The lowest BCUT2D eigenvalue weighted by Gasteiger charge is -2.21. The van der Waals surface area contributed by atoms with E-state index < -0.39 is 5.91 Å². The quantitative estimate of drug-likeness (QED) is 0.593. The van der Waals surface area contributed by atoms with Gasteiger partial charge in [0.15, 0.2) is 0 Å². The fourth-order valence-corrected chi connectivity index (χ4v) is 3.87. The Hall–Kier alpha value is -4.17. The van der Waals surface area contributed by atoms with Gasteiger partial charge in [-0.1, -0.05) is 42.0 Å². The summed E-state index contributed by atoms with van der Waals surface area (Å²) in [5, 5.41) is 9.07. The van der Waals surface area contributed by atoms with Crippen LogP contribution in [0, 0.1) is 25.2 Å². The van der Waals surface area contributed by atoms with Crippen LogP contribution in [0.1, 0.15) is 22.3 Å². The first-order valence-electron chi connectivity index (χ1n) is 9.92. The molecule has 4 rings (SSSR count). The SMILES string of the molecule is Cc1ccc(C2=C(N(C)c3ccccc3)C(=O)N(c3ccc(C#N)cc3)C2=O)c(C)c1. The summed E-state index contributed by atoms with van der Waals surface area (Å²) in [4.78, 5) is 30.1. The zero-order valence-corrected chi connectivity index (χ0v) is 17.6. The molecule has 5 nitrogen and oxygen atoms in total. The average molecular weight is 407 g/mol. The van der Waals surface area contributed by atoms with Crippen LogP contribution in [0.3, 0.4) is 0 Å². The first-order valence-corrected chi connectivity index (χ1v) is 9.92. The Morgan fingerprint density at radius 2 is 1.55 bits per heavy atom. The minimum Gasteiger partial charge on any atom is -0.339 e. The lowest BCUT2D eigenvalue weighted by Crippen LogP contribution is -2.34. The van der Waals surface area contributed by atoms with Crippen molar-refractivity contribution in [1.82, 2.24) is 0 Å². The van der Waals surface area contributed by atoms with E-state index >= 15 is 0 Å². The molecule has 0 unspecified atom stereocenters. The van der Waals surface area contributed by atoms with E-state index in [4.69, 9.17) is 5.26 Å². The van der Waals surface area contributed by atoms with Crippen molar-refractivity contribution < 1.29 is 9.59 Å². The molecule has 3 aromatic carbocycles. The molecule has 0 aliphatic carbocycles. The van der Waals surface area contributed by atoms with Crippen LogP contribution in [0.2, 0.25) is 0 Å². The smallest absolute Gasteiger partial charge is 0.282 e. The van der Waals surface area contributed by atoms with E-state index in [2.05, 4.69) is 6.07 Å². The highest BCUT2D eigenvalue weighted by molar-refractivity contribution is 6.46. The first-order chi connectivity index (χ1) is 14.9. The topological polar surface area (TPSA) is 64.4 Å². The summed E-state index contributed by atoms with van der Waals surface area (Å²) in [6.07, 6.45) is 0. The van der Waals surface area contributed by atoms with Gasteiger partial charge in [0.25, 0.3) is 11.8 Å². The third-order valence-electron chi connectivity index (χ3n) is 5.44. The molecule has 0 saturated carbocycles. The predicted octanol–water partition coefficient (Wildman–Crippen LogP) is 4.60. The Labute approximate surface area is 181 Å². The molecule has 1 aliphatic heterocycles. The number of hydrogen-bond donors (Lipinski definition) is 0. The van der Waals surface area contributed by atoms with Crippen LogP contribution >= 0.6 is 0 Å². The second-order valence-electron chi connectivity index (χ2n) is 7.54. The number of carbonyl (C=O) groups excluding carboxylic acids is 2. The minimum atomic E-state index is -0.393. The van der Waals surface area contributed by atoms with Gasteiger partial charge in [-0.15, -0.1) is 0 Å². The highest BCUT2D eigenvalue weighted by Crippen LogP contribution is 2.37. The van der Waals surface area contributed by atoms with Gasteiger partial charge >= 0.3 is 0 Å². The number of hydrogen-bond acceptors (Lipinski definition) is 4. The van der Waals surface area contributed by atoms with Crippen LogP contribution in [0.4, 0.5) is 11.4 Å². The first kappa shape index (κ1) is 20.1. The van der Waals surface area contributed by atoms with E-state index in [0.29, 0.717) is 22.5 Å². The average Bonchev–Trinajstić information content (AvgIpc) is 3.04. The van der Waals surface area contributed by atoms with Gasteiger partial charge < -0.3 is 4.90 Å². The molecule has 0 radical (unpaired) electrons. The van der Waals surface area contributed by atoms with Crippen LogP contribution in [-0.4, -0.2) is 18.9 Å². The summed E-state index contributed by atoms with van der Waals surface area (Å²) < 4.78 is 0. The molecule has 2 amide bonds. The van der Waals surface area contributed by atoms with E-state index in [1.54, 1.807) is 36.2 Å². The summed E-state index contributed by atoms with van der Waals surface area (Å²) >= 11 is 0. The number of nitrogens with zero attached hydrogens (tertiary/aromatic N) is 3. The van der Waals surface area contributed by atoms with Crippen LogP contribution in [-0.2, 0) is 9.59 Å². The molecule has 0 N–H and O–H groups in total. The second-order valence-corrected chi connectivity index (χ2v) is 7.54. The number of para-hydroxylation sites is 1. The maximum Gasteiger partial charge on any atom is 0.282 e. The van der Waals surface area contributed by atoms with Crippen LogP contribution < -0.4 is 9.80 Å². The highest BCUT2D eigenvalue weighted by Gasteiger charge is 2.42. The lowest BCUT2D eigenvalue weighted by molar-refractivity contribution is -0.120. The van der Waals surface area contributed by atoms with E-state index in [1.807, 2.05) is 62.4 Å². The molecule has 31 heavy (non-hydrogen) atoms. The van der Waals surface area contributed by atoms with Crippen molar-refractivity contribution in [3.63, 3.8) is 0 Å². The number of imide groups is 1. The summed E-state index contributed by atoms with van der Waals surface area (Å²) in [5.74, 6) is -0.768. The minimum absolute atomic E-state index is 0.326. The summed E-state index contributed by atoms with van der Waals surface area (Å²) in [5.41, 5.74) is 5.16. The number of anilines is 2. The summed E-state index contributed by atoms with van der Waals surface area (Å²) in [7, 11) is 1.79. The molecule has 0 bridgehead atoms. The molecule has 1 heterocycles. The van der Waals surface area contributed by atoms with Crippen molar-refractivity contribution in [1.29, 1.82) is 5.26 Å². The maximum absolute atomic E-state index is 13.6. The maximum atomic E-state index is 13.6. The van der Waals surface area contributed by atoms with Crippen LogP contribution in [0.15, 0.2) is 78.5 Å². The molecule has 1 aliphatic rings. The zero-order valence-electron chi connectivity index (χ0n) is 17.6. The Morgan fingerprint density at radius 3 is 2.16 bits per heavy atom. The number of rotatable bonds is 4.